The summed E-state index contributed by atoms with van der Waals surface area (Å²) < 4.78 is 1.94. The van der Waals surface area contributed by atoms with E-state index in [0.29, 0.717) is 6.04 Å². The Hall–Kier alpha value is -0.870. The summed E-state index contributed by atoms with van der Waals surface area (Å²) in [5, 5.41) is 4.31. The average molecular weight is 236 g/mol. The van der Waals surface area contributed by atoms with Gasteiger partial charge in [0.05, 0.1) is 6.20 Å². The number of hydrogen-bond donors (Lipinski definition) is 1. The minimum Gasteiger partial charge on any atom is -0.329 e. The van der Waals surface area contributed by atoms with Gasteiger partial charge in [0.2, 0.25) is 0 Å². The van der Waals surface area contributed by atoms with Crippen molar-refractivity contribution in [2.75, 3.05) is 13.1 Å². The van der Waals surface area contributed by atoms with Crippen LogP contribution in [0.1, 0.15) is 31.0 Å². The lowest BCUT2D eigenvalue weighted by atomic mass is 9.92. The van der Waals surface area contributed by atoms with Crippen LogP contribution in [0.3, 0.4) is 0 Å². The van der Waals surface area contributed by atoms with Crippen molar-refractivity contribution in [1.29, 1.82) is 0 Å². The van der Waals surface area contributed by atoms with E-state index in [4.69, 9.17) is 5.73 Å². The molecular formula is C13H24N4. The van der Waals surface area contributed by atoms with Gasteiger partial charge in [-0.3, -0.25) is 9.58 Å². The van der Waals surface area contributed by atoms with Crippen LogP contribution in [0.15, 0.2) is 6.20 Å². The Balaban J connectivity index is 2.04. The van der Waals surface area contributed by atoms with Gasteiger partial charge in [-0.2, -0.15) is 5.10 Å². The fourth-order valence-electron chi connectivity index (χ4n) is 2.67. The molecule has 0 aromatic carbocycles. The number of likely N-dealkylation sites (tertiary alicyclic amines) is 1. The third kappa shape index (κ3) is 2.69. The molecule has 4 nitrogen and oxygen atoms in total. The Labute approximate surface area is 104 Å². The second kappa shape index (κ2) is 5.19. The minimum absolute atomic E-state index is 0.540. The van der Waals surface area contributed by atoms with Gasteiger partial charge in [-0.25, -0.2) is 0 Å². The smallest absolute Gasteiger partial charge is 0.0537 e. The summed E-state index contributed by atoms with van der Waals surface area (Å²) in [6.07, 6.45) is 4.51. The first-order chi connectivity index (χ1) is 8.11. The summed E-state index contributed by atoms with van der Waals surface area (Å²) in [7, 11) is 2.00. The summed E-state index contributed by atoms with van der Waals surface area (Å²) in [5.74, 6) is 0.815. The summed E-state index contributed by atoms with van der Waals surface area (Å²) in [6, 6.07) is 0.540. The highest BCUT2D eigenvalue weighted by Crippen LogP contribution is 2.24. The van der Waals surface area contributed by atoms with E-state index in [1.54, 1.807) is 0 Å². The molecule has 4 heteroatoms. The second-order valence-corrected chi connectivity index (χ2v) is 5.37. The van der Waals surface area contributed by atoms with Crippen LogP contribution < -0.4 is 5.73 Å². The third-order valence-corrected chi connectivity index (χ3v) is 4.08. The molecule has 0 radical (unpaired) electrons. The van der Waals surface area contributed by atoms with Gasteiger partial charge in [0.1, 0.15) is 0 Å². The van der Waals surface area contributed by atoms with Crippen LogP contribution in [0.25, 0.3) is 0 Å². The molecule has 2 rings (SSSR count). The van der Waals surface area contributed by atoms with Crippen molar-refractivity contribution in [2.45, 2.75) is 39.3 Å². The molecule has 17 heavy (non-hydrogen) atoms. The number of nitrogens with two attached hydrogens (primary N) is 1. The number of aromatic nitrogens is 2. The zero-order valence-corrected chi connectivity index (χ0v) is 11.2. The standard InChI is InChI=1S/C13H24N4/c1-10-4-5-17(13(6-10)7-14)9-12-8-15-16(3)11(12)2/h8,10,13H,4-7,9,14H2,1-3H3. The van der Waals surface area contributed by atoms with E-state index in [9.17, 15) is 0 Å². The van der Waals surface area contributed by atoms with E-state index >= 15 is 0 Å². The first kappa shape index (κ1) is 12.6. The number of hydrogen-bond acceptors (Lipinski definition) is 3. The summed E-state index contributed by atoms with van der Waals surface area (Å²) in [4.78, 5) is 2.52. The predicted octanol–water partition coefficient (Wildman–Crippen LogP) is 1.29. The zero-order chi connectivity index (χ0) is 12.4. The van der Waals surface area contributed by atoms with Gasteiger partial charge in [-0.15, -0.1) is 0 Å². The van der Waals surface area contributed by atoms with Gasteiger partial charge in [0.15, 0.2) is 0 Å². The largest absolute Gasteiger partial charge is 0.329 e. The Bertz CT molecular complexity index is 371. The highest BCUT2D eigenvalue weighted by Gasteiger charge is 2.25. The lowest BCUT2D eigenvalue weighted by Crippen LogP contribution is -2.45. The fraction of sp³-hybridized carbons (Fsp3) is 0.769. The first-order valence-electron chi connectivity index (χ1n) is 6.53. The number of aryl methyl sites for hydroxylation is 1. The summed E-state index contributed by atoms with van der Waals surface area (Å²) in [6.45, 7) is 7.39. The van der Waals surface area contributed by atoms with Crippen LogP contribution in [0.2, 0.25) is 0 Å². The molecule has 1 fully saturated rings. The molecule has 1 saturated heterocycles. The molecule has 1 aromatic rings. The van der Waals surface area contributed by atoms with Crippen molar-refractivity contribution < 1.29 is 0 Å². The Morgan fingerprint density at radius 2 is 2.29 bits per heavy atom. The third-order valence-electron chi connectivity index (χ3n) is 4.08. The molecule has 2 heterocycles. The van der Waals surface area contributed by atoms with Crippen LogP contribution >= 0.6 is 0 Å². The van der Waals surface area contributed by atoms with Crippen molar-refractivity contribution in [1.82, 2.24) is 14.7 Å². The van der Waals surface area contributed by atoms with Crippen molar-refractivity contribution >= 4 is 0 Å². The maximum absolute atomic E-state index is 5.89. The van der Waals surface area contributed by atoms with E-state index in [1.165, 1.54) is 24.1 Å². The van der Waals surface area contributed by atoms with Crippen LogP contribution in [-0.4, -0.2) is 33.8 Å². The van der Waals surface area contributed by atoms with Gasteiger partial charge < -0.3 is 5.73 Å². The van der Waals surface area contributed by atoms with Gasteiger partial charge in [0.25, 0.3) is 0 Å². The quantitative estimate of drug-likeness (QED) is 0.860. The lowest BCUT2D eigenvalue weighted by molar-refractivity contribution is 0.115. The molecule has 0 saturated carbocycles. The molecular weight excluding hydrogens is 212 g/mol. The maximum Gasteiger partial charge on any atom is 0.0537 e. The summed E-state index contributed by atoms with van der Waals surface area (Å²) in [5.41, 5.74) is 8.49. The fourth-order valence-corrected chi connectivity index (χ4v) is 2.67. The van der Waals surface area contributed by atoms with Gasteiger partial charge in [0, 0.05) is 37.4 Å². The monoisotopic (exact) mass is 236 g/mol. The van der Waals surface area contributed by atoms with Gasteiger partial charge in [-0.1, -0.05) is 6.92 Å². The lowest BCUT2D eigenvalue weighted by Gasteiger charge is -2.37. The summed E-state index contributed by atoms with van der Waals surface area (Å²) >= 11 is 0. The second-order valence-electron chi connectivity index (χ2n) is 5.37. The molecule has 2 atom stereocenters. The van der Waals surface area contributed by atoms with E-state index < -0.39 is 0 Å². The number of piperidine rings is 1. The van der Waals surface area contributed by atoms with Crippen LogP contribution in [-0.2, 0) is 13.6 Å². The molecule has 0 aliphatic carbocycles. The van der Waals surface area contributed by atoms with Crippen molar-refractivity contribution in [2.24, 2.45) is 18.7 Å². The molecule has 1 aliphatic heterocycles. The van der Waals surface area contributed by atoms with E-state index in [2.05, 4.69) is 23.8 Å². The molecule has 96 valence electrons. The minimum atomic E-state index is 0.540. The van der Waals surface area contributed by atoms with Crippen molar-refractivity contribution in [3.63, 3.8) is 0 Å². The van der Waals surface area contributed by atoms with Gasteiger partial charge in [-0.05, 0) is 32.2 Å². The van der Waals surface area contributed by atoms with Crippen LogP contribution in [0.4, 0.5) is 0 Å². The Kier molecular flexibility index (Phi) is 3.84. The highest BCUT2D eigenvalue weighted by atomic mass is 15.3. The normalized spacial score (nSPS) is 26.4. The van der Waals surface area contributed by atoms with Gasteiger partial charge >= 0.3 is 0 Å². The average Bonchev–Trinajstić information content (AvgIpc) is 2.63. The number of rotatable bonds is 3. The first-order valence-corrected chi connectivity index (χ1v) is 6.53. The molecule has 0 amide bonds. The topological polar surface area (TPSA) is 47.1 Å². The number of nitrogens with zero attached hydrogens (tertiary/aromatic N) is 3. The van der Waals surface area contributed by atoms with Crippen LogP contribution in [0.5, 0.6) is 0 Å². The molecule has 0 bridgehead atoms. The van der Waals surface area contributed by atoms with E-state index in [0.717, 1.165) is 25.6 Å². The highest BCUT2D eigenvalue weighted by molar-refractivity contribution is 5.15. The van der Waals surface area contributed by atoms with Crippen molar-refractivity contribution in [3.8, 4) is 0 Å². The Morgan fingerprint density at radius 1 is 1.53 bits per heavy atom. The van der Waals surface area contributed by atoms with Crippen molar-refractivity contribution in [3.05, 3.63) is 17.5 Å². The molecule has 1 aromatic heterocycles. The predicted molar refractivity (Wildman–Crippen MR) is 69.6 cm³/mol. The molecule has 0 spiro atoms. The molecule has 1 aliphatic rings. The maximum atomic E-state index is 5.89. The van der Waals surface area contributed by atoms with Crippen LogP contribution in [0, 0.1) is 12.8 Å². The molecule has 2 N–H and O–H groups in total. The zero-order valence-electron chi connectivity index (χ0n) is 11.2. The van der Waals surface area contributed by atoms with E-state index in [-0.39, 0.29) is 0 Å². The Morgan fingerprint density at radius 3 is 2.88 bits per heavy atom. The SMILES string of the molecule is Cc1c(CN2CCC(C)CC2CN)cnn1C. The molecule has 2 unspecified atom stereocenters. The van der Waals surface area contributed by atoms with E-state index in [1.807, 2.05) is 17.9 Å².